The summed E-state index contributed by atoms with van der Waals surface area (Å²) < 4.78 is 0. The Labute approximate surface area is 90.0 Å². The number of imide groups is 1. The van der Waals surface area contributed by atoms with Crippen molar-refractivity contribution in [3.8, 4) is 0 Å². The van der Waals surface area contributed by atoms with Crippen LogP contribution in [0.2, 0.25) is 0 Å². The Kier molecular flexibility index (Phi) is 2.93. The summed E-state index contributed by atoms with van der Waals surface area (Å²) in [5.74, 6) is 0.560. The molecule has 1 aliphatic heterocycles. The zero-order valence-corrected chi connectivity index (χ0v) is 9.16. The van der Waals surface area contributed by atoms with Crippen LogP contribution < -0.4 is 5.32 Å². The first-order valence-corrected chi connectivity index (χ1v) is 5.76. The Hall–Kier alpha value is -1.06. The minimum Gasteiger partial charge on any atom is -0.326 e. The predicted molar refractivity (Wildman–Crippen MR) is 56.3 cm³/mol. The van der Waals surface area contributed by atoms with Crippen LogP contribution in [0.15, 0.2) is 0 Å². The maximum absolute atomic E-state index is 11.6. The standard InChI is InChI=1S/C11H18N2O2/c1-13-10(14)9(12-11(13)15)7-8-5-3-2-4-6-8/h8-9H,2-7H2,1H3,(H,12,15). The summed E-state index contributed by atoms with van der Waals surface area (Å²) in [7, 11) is 1.54. The molecule has 0 radical (unpaired) electrons. The van der Waals surface area contributed by atoms with Gasteiger partial charge in [0.25, 0.3) is 5.91 Å². The van der Waals surface area contributed by atoms with E-state index in [-0.39, 0.29) is 18.0 Å². The molecule has 1 aliphatic carbocycles. The lowest BCUT2D eigenvalue weighted by atomic mass is 9.85. The fraction of sp³-hybridized carbons (Fsp3) is 0.818. The molecule has 1 N–H and O–H groups in total. The van der Waals surface area contributed by atoms with E-state index in [1.165, 1.54) is 37.0 Å². The summed E-state index contributed by atoms with van der Waals surface area (Å²) in [6, 6.07) is -0.508. The first kappa shape index (κ1) is 10.5. The van der Waals surface area contributed by atoms with Gasteiger partial charge < -0.3 is 5.32 Å². The van der Waals surface area contributed by atoms with Gasteiger partial charge in [0.05, 0.1) is 0 Å². The largest absolute Gasteiger partial charge is 0.326 e. The van der Waals surface area contributed by atoms with Gasteiger partial charge in [-0.1, -0.05) is 32.1 Å². The second-order valence-corrected chi connectivity index (χ2v) is 4.64. The van der Waals surface area contributed by atoms with Gasteiger partial charge in [-0.2, -0.15) is 0 Å². The molecule has 0 aromatic heterocycles. The number of rotatable bonds is 2. The Morgan fingerprint density at radius 3 is 2.47 bits per heavy atom. The van der Waals surface area contributed by atoms with E-state index in [0.29, 0.717) is 5.92 Å². The highest BCUT2D eigenvalue weighted by atomic mass is 16.2. The molecule has 84 valence electrons. The average Bonchev–Trinajstić information content (AvgIpc) is 2.48. The molecule has 2 rings (SSSR count). The van der Waals surface area contributed by atoms with Crippen LogP contribution in [0.3, 0.4) is 0 Å². The van der Waals surface area contributed by atoms with Crippen LogP contribution in [0.1, 0.15) is 38.5 Å². The second kappa shape index (κ2) is 4.21. The molecule has 4 nitrogen and oxygen atoms in total. The first-order chi connectivity index (χ1) is 7.18. The summed E-state index contributed by atoms with van der Waals surface area (Å²) in [5, 5.41) is 2.74. The number of urea groups is 1. The summed E-state index contributed by atoms with van der Waals surface area (Å²) in [6.07, 6.45) is 7.12. The van der Waals surface area contributed by atoms with Crippen molar-refractivity contribution in [2.75, 3.05) is 7.05 Å². The van der Waals surface area contributed by atoms with Crippen LogP contribution in [0.25, 0.3) is 0 Å². The Morgan fingerprint density at radius 2 is 1.93 bits per heavy atom. The number of hydrogen-bond acceptors (Lipinski definition) is 2. The van der Waals surface area contributed by atoms with Crippen LogP contribution in [-0.2, 0) is 4.79 Å². The minimum atomic E-state index is -0.259. The van der Waals surface area contributed by atoms with Crippen molar-refractivity contribution in [1.82, 2.24) is 10.2 Å². The summed E-state index contributed by atoms with van der Waals surface area (Å²) in [4.78, 5) is 24.1. The Bertz CT molecular complexity index is 272. The topological polar surface area (TPSA) is 49.4 Å². The maximum atomic E-state index is 11.6. The third-order valence-corrected chi connectivity index (χ3v) is 3.52. The van der Waals surface area contributed by atoms with Crippen molar-refractivity contribution in [1.29, 1.82) is 0 Å². The van der Waals surface area contributed by atoms with Gasteiger partial charge in [0.15, 0.2) is 0 Å². The lowest BCUT2D eigenvalue weighted by Crippen LogP contribution is -2.31. The summed E-state index contributed by atoms with van der Waals surface area (Å²) >= 11 is 0. The SMILES string of the molecule is CN1C(=O)NC(CC2CCCCC2)C1=O. The van der Waals surface area contributed by atoms with Crippen molar-refractivity contribution in [2.45, 2.75) is 44.6 Å². The summed E-state index contributed by atoms with van der Waals surface area (Å²) in [5.41, 5.74) is 0. The Morgan fingerprint density at radius 1 is 1.27 bits per heavy atom. The molecule has 4 heteroatoms. The molecule has 2 aliphatic rings. The number of carbonyl (C=O) groups is 2. The van der Waals surface area contributed by atoms with Crippen molar-refractivity contribution in [3.05, 3.63) is 0 Å². The highest BCUT2D eigenvalue weighted by molar-refractivity contribution is 6.03. The molecule has 1 saturated carbocycles. The van der Waals surface area contributed by atoms with Crippen LogP contribution >= 0.6 is 0 Å². The van der Waals surface area contributed by atoms with E-state index >= 15 is 0 Å². The minimum absolute atomic E-state index is 0.0643. The van der Waals surface area contributed by atoms with E-state index in [2.05, 4.69) is 5.32 Å². The Balaban J connectivity index is 1.89. The fourth-order valence-corrected chi connectivity index (χ4v) is 2.56. The van der Waals surface area contributed by atoms with Crippen molar-refractivity contribution in [3.63, 3.8) is 0 Å². The molecule has 0 bridgehead atoms. The van der Waals surface area contributed by atoms with Crippen LogP contribution in [0.4, 0.5) is 4.79 Å². The molecule has 0 aromatic rings. The van der Waals surface area contributed by atoms with Gasteiger partial charge in [-0.25, -0.2) is 4.79 Å². The molecule has 3 amide bonds. The average molecular weight is 210 g/mol. The van der Waals surface area contributed by atoms with Crippen LogP contribution in [-0.4, -0.2) is 29.9 Å². The van der Waals surface area contributed by atoms with E-state index in [0.717, 1.165) is 6.42 Å². The second-order valence-electron chi connectivity index (χ2n) is 4.64. The van der Waals surface area contributed by atoms with E-state index in [4.69, 9.17) is 0 Å². The van der Waals surface area contributed by atoms with E-state index in [1.807, 2.05) is 0 Å². The van der Waals surface area contributed by atoms with Crippen molar-refractivity contribution in [2.24, 2.45) is 5.92 Å². The van der Waals surface area contributed by atoms with E-state index in [9.17, 15) is 9.59 Å². The quantitative estimate of drug-likeness (QED) is 0.702. The smallest absolute Gasteiger partial charge is 0.324 e. The molecule has 0 aromatic carbocycles. The molecular formula is C11H18N2O2. The normalized spacial score (nSPS) is 28.3. The van der Waals surface area contributed by atoms with Gasteiger partial charge in [0, 0.05) is 7.05 Å². The third-order valence-electron chi connectivity index (χ3n) is 3.52. The lowest BCUT2D eigenvalue weighted by Gasteiger charge is -2.23. The number of likely N-dealkylation sites (N-methyl/N-ethyl adjacent to an activating group) is 1. The predicted octanol–water partition coefficient (Wildman–Crippen LogP) is 1.51. The van der Waals surface area contributed by atoms with Gasteiger partial charge in [-0.05, 0) is 12.3 Å². The molecular weight excluding hydrogens is 192 g/mol. The van der Waals surface area contributed by atoms with Gasteiger partial charge in [-0.15, -0.1) is 0 Å². The number of carbonyl (C=O) groups excluding carboxylic acids is 2. The monoisotopic (exact) mass is 210 g/mol. The number of nitrogens with zero attached hydrogens (tertiary/aromatic N) is 1. The zero-order valence-electron chi connectivity index (χ0n) is 9.16. The highest BCUT2D eigenvalue weighted by Gasteiger charge is 2.36. The fourth-order valence-electron chi connectivity index (χ4n) is 2.56. The van der Waals surface area contributed by atoms with Gasteiger partial charge in [0.1, 0.15) is 6.04 Å². The highest BCUT2D eigenvalue weighted by Crippen LogP contribution is 2.28. The first-order valence-electron chi connectivity index (χ1n) is 5.76. The number of nitrogens with one attached hydrogen (secondary N) is 1. The van der Waals surface area contributed by atoms with Crippen LogP contribution in [0.5, 0.6) is 0 Å². The summed E-state index contributed by atoms with van der Waals surface area (Å²) in [6.45, 7) is 0. The number of amides is 3. The molecule has 0 spiro atoms. The molecule has 1 saturated heterocycles. The molecule has 1 unspecified atom stereocenters. The molecule has 2 fully saturated rings. The number of hydrogen-bond donors (Lipinski definition) is 1. The van der Waals surface area contributed by atoms with Gasteiger partial charge in [-0.3, -0.25) is 9.69 Å². The molecule has 15 heavy (non-hydrogen) atoms. The van der Waals surface area contributed by atoms with Gasteiger partial charge >= 0.3 is 6.03 Å². The van der Waals surface area contributed by atoms with E-state index < -0.39 is 0 Å². The third kappa shape index (κ3) is 2.13. The van der Waals surface area contributed by atoms with Crippen LogP contribution in [0, 0.1) is 5.92 Å². The maximum Gasteiger partial charge on any atom is 0.324 e. The van der Waals surface area contributed by atoms with E-state index in [1.54, 1.807) is 7.05 Å². The zero-order chi connectivity index (χ0) is 10.8. The van der Waals surface area contributed by atoms with Crippen molar-refractivity contribution < 1.29 is 9.59 Å². The van der Waals surface area contributed by atoms with Gasteiger partial charge in [0.2, 0.25) is 0 Å². The molecule has 1 heterocycles. The van der Waals surface area contributed by atoms with Crippen molar-refractivity contribution >= 4 is 11.9 Å². The lowest BCUT2D eigenvalue weighted by molar-refractivity contribution is -0.126. The molecule has 1 atom stereocenters.